The molecule has 0 atom stereocenters. The maximum absolute atomic E-state index is 8.63. The molecule has 8 heavy (non-hydrogen) atoms. The van der Waals surface area contributed by atoms with Gasteiger partial charge in [0, 0.05) is 51.4 Å². The van der Waals surface area contributed by atoms with Gasteiger partial charge in [-0.2, -0.15) is 0 Å². The molecule has 0 heterocycles. The molecule has 0 spiro atoms. The van der Waals surface area contributed by atoms with E-state index in [1.807, 2.05) is 0 Å². The molecule has 49 valence electrons. The van der Waals surface area contributed by atoms with Gasteiger partial charge in [0.2, 0.25) is 0 Å². The van der Waals surface area contributed by atoms with Gasteiger partial charge in [-0.25, -0.2) is 0 Å². The van der Waals surface area contributed by atoms with E-state index in [2.05, 4.69) is 0 Å². The van der Waals surface area contributed by atoms with Gasteiger partial charge < -0.3 is 11.0 Å². The van der Waals surface area contributed by atoms with Crippen molar-refractivity contribution >= 4 is 51.4 Å². The molecule has 4 N–H and O–H groups in total. The second-order valence-electron chi connectivity index (χ2n) is 0.354. The fraction of sp³-hybridized carbons (Fsp3) is 0. The molecule has 8 heteroatoms. The van der Waals surface area contributed by atoms with Crippen LogP contribution >= 0.6 is 0 Å². The standard InChI is InChI=1S/K.2H2O.4O.Os/h;2*1H2;;;;;. The van der Waals surface area contributed by atoms with Crippen LogP contribution in [0.3, 0.4) is 0 Å². The van der Waals surface area contributed by atoms with Crippen molar-refractivity contribution < 1.29 is 39.9 Å². The Morgan fingerprint density at radius 3 is 0.750 bits per heavy atom. The van der Waals surface area contributed by atoms with Gasteiger partial charge in [0.15, 0.2) is 0 Å². The minimum absolute atomic E-state index is 0. The van der Waals surface area contributed by atoms with Crippen LogP contribution in [-0.4, -0.2) is 62.3 Å². The van der Waals surface area contributed by atoms with Crippen molar-refractivity contribution in [2.45, 2.75) is 0 Å². The number of rotatable bonds is 0. The van der Waals surface area contributed by atoms with E-state index in [0.717, 1.165) is 0 Å². The van der Waals surface area contributed by atoms with Crippen molar-refractivity contribution in [2.24, 2.45) is 0 Å². The maximum atomic E-state index is 8.63. The molecule has 0 aromatic heterocycles. The summed E-state index contributed by atoms with van der Waals surface area (Å²) in [5.74, 6) is 0. The Kier molecular flexibility index (Phi) is 23.9. The molecule has 6 nitrogen and oxygen atoms in total. The summed E-state index contributed by atoms with van der Waals surface area (Å²) in [6.45, 7) is 0. The van der Waals surface area contributed by atoms with E-state index in [-0.39, 0.29) is 62.3 Å². The van der Waals surface area contributed by atoms with E-state index in [0.29, 0.717) is 0 Å². The summed E-state index contributed by atoms with van der Waals surface area (Å²) in [7, 11) is 0. The van der Waals surface area contributed by atoms with Crippen molar-refractivity contribution in [3.63, 3.8) is 0 Å². The molecule has 0 aromatic rings. The molecule has 0 aliphatic rings. The quantitative estimate of drug-likeness (QED) is 0.454. The van der Waals surface area contributed by atoms with E-state index in [1.54, 1.807) is 0 Å². The van der Waals surface area contributed by atoms with Crippen LogP contribution in [0.25, 0.3) is 0 Å². The molecule has 0 saturated heterocycles. The zero-order valence-corrected chi connectivity index (χ0v) is 9.65. The third-order valence-electron chi connectivity index (χ3n) is 0. The summed E-state index contributed by atoms with van der Waals surface area (Å²) in [6.07, 6.45) is 0. The molecule has 0 bridgehead atoms. The predicted octanol–water partition coefficient (Wildman–Crippen LogP) is -2.51. The molecular formula is H4KO6Os. The Balaban J connectivity index is -0.0000000267. The van der Waals surface area contributed by atoms with Crippen LogP contribution in [0.1, 0.15) is 0 Å². The van der Waals surface area contributed by atoms with Crippen LogP contribution in [0.4, 0.5) is 0 Å². The second kappa shape index (κ2) is 8.39. The third-order valence-corrected chi connectivity index (χ3v) is 0. The van der Waals surface area contributed by atoms with Gasteiger partial charge in [0.05, 0.1) is 0 Å². The van der Waals surface area contributed by atoms with Crippen molar-refractivity contribution in [2.75, 3.05) is 0 Å². The number of hydrogen-bond acceptors (Lipinski definition) is 4. The topological polar surface area (TPSA) is 131 Å². The predicted molar refractivity (Wildman–Crippen MR) is 15.7 cm³/mol. The Morgan fingerprint density at radius 1 is 0.750 bits per heavy atom. The van der Waals surface area contributed by atoms with Gasteiger partial charge in [-0.05, 0) is 0 Å². The van der Waals surface area contributed by atoms with Crippen LogP contribution in [-0.2, 0) is 29.0 Å². The first kappa shape index (κ1) is 22.7. The van der Waals surface area contributed by atoms with Crippen LogP contribution in [0.5, 0.6) is 0 Å². The Bertz CT molecular complexity index is 160. The monoisotopic (exact) mass is 331 g/mol. The number of hydrogen-bond donors (Lipinski definition) is 0. The molecule has 0 aliphatic carbocycles. The van der Waals surface area contributed by atoms with Gasteiger partial charge >= 0.3 is 29.0 Å². The van der Waals surface area contributed by atoms with Gasteiger partial charge in [0.1, 0.15) is 0 Å². The van der Waals surface area contributed by atoms with Gasteiger partial charge in [-0.15, -0.1) is 0 Å². The summed E-state index contributed by atoms with van der Waals surface area (Å²) in [6, 6.07) is 0. The summed E-state index contributed by atoms with van der Waals surface area (Å²) >= 11 is -6.06. The van der Waals surface area contributed by atoms with E-state index in [4.69, 9.17) is 14.2 Å². The normalized spacial score (nSPS) is 7.00. The molecule has 0 aliphatic heterocycles. The first-order chi connectivity index (χ1) is 2.00. The van der Waals surface area contributed by atoms with Crippen LogP contribution in [0.15, 0.2) is 0 Å². The Hall–Kier alpha value is 1.39. The third kappa shape index (κ3) is 156. The fourth-order valence-electron chi connectivity index (χ4n) is 0. The molecule has 0 rings (SSSR count). The van der Waals surface area contributed by atoms with Crippen LogP contribution in [0.2, 0.25) is 0 Å². The SMILES string of the molecule is O.O.[K].[O]=[Os](=[O])(=[O])=[O]. The molecule has 0 unspecified atom stereocenters. The Labute approximate surface area is 89.7 Å². The average molecular weight is 329 g/mol. The van der Waals surface area contributed by atoms with Crippen molar-refractivity contribution in [3.05, 3.63) is 0 Å². The van der Waals surface area contributed by atoms with Gasteiger partial charge in [-0.3, -0.25) is 0 Å². The van der Waals surface area contributed by atoms with E-state index in [1.165, 1.54) is 0 Å². The summed E-state index contributed by atoms with van der Waals surface area (Å²) in [5, 5.41) is 0. The molecule has 0 amide bonds. The van der Waals surface area contributed by atoms with E-state index >= 15 is 0 Å². The molecule has 1 radical (unpaired) electrons. The molecular weight excluding hydrogens is 325 g/mol. The zero-order chi connectivity index (χ0) is 4.50. The van der Waals surface area contributed by atoms with Crippen LogP contribution in [0, 0.1) is 0 Å². The van der Waals surface area contributed by atoms with E-state index in [9.17, 15) is 0 Å². The summed E-state index contributed by atoms with van der Waals surface area (Å²) in [4.78, 5) is 0. The van der Waals surface area contributed by atoms with Crippen molar-refractivity contribution in [1.29, 1.82) is 0 Å². The molecule has 0 saturated carbocycles. The second-order valence-corrected chi connectivity index (χ2v) is 2.89. The van der Waals surface area contributed by atoms with Crippen LogP contribution < -0.4 is 0 Å². The zero-order valence-electron chi connectivity index (χ0n) is 3.99. The molecule has 0 fully saturated rings. The van der Waals surface area contributed by atoms with Gasteiger partial charge in [0.25, 0.3) is 0 Å². The van der Waals surface area contributed by atoms with Crippen molar-refractivity contribution in [3.8, 4) is 0 Å². The first-order valence-corrected chi connectivity index (χ1v) is 4.73. The van der Waals surface area contributed by atoms with Crippen molar-refractivity contribution in [1.82, 2.24) is 0 Å². The molecule has 0 aromatic carbocycles. The fourth-order valence-corrected chi connectivity index (χ4v) is 0. The van der Waals surface area contributed by atoms with Gasteiger partial charge in [-0.1, -0.05) is 0 Å². The minimum atomic E-state index is -6.06. The first-order valence-electron chi connectivity index (χ1n) is 0.577. The summed E-state index contributed by atoms with van der Waals surface area (Å²) < 4.78 is 34.5. The summed E-state index contributed by atoms with van der Waals surface area (Å²) in [5.41, 5.74) is 0. The average Bonchev–Trinajstić information content (AvgIpc) is 0.722. The Morgan fingerprint density at radius 2 is 0.750 bits per heavy atom. The van der Waals surface area contributed by atoms with E-state index < -0.39 is 14.8 Å².